The lowest BCUT2D eigenvalue weighted by Gasteiger charge is -2.25. The second kappa shape index (κ2) is 7.91. The Morgan fingerprint density at radius 3 is 2.61 bits per heavy atom. The number of rotatable bonds is 5. The third-order valence-corrected chi connectivity index (χ3v) is 7.88. The Morgan fingerprint density at radius 1 is 1.13 bits per heavy atom. The van der Waals surface area contributed by atoms with Gasteiger partial charge >= 0.3 is 0 Å². The smallest absolute Gasteiger partial charge is 0.166 e. The van der Waals surface area contributed by atoms with Crippen LogP contribution in [0, 0.1) is 6.92 Å². The first-order valence-corrected chi connectivity index (χ1v) is 13.9. The van der Waals surface area contributed by atoms with Crippen molar-refractivity contribution >= 4 is 46.6 Å². The normalized spacial score (nSPS) is 19.7. The molecule has 0 radical (unpaired) electrons. The van der Waals surface area contributed by atoms with Crippen molar-refractivity contribution in [2.24, 2.45) is 0 Å². The number of nitrogens with one attached hydrogen (secondary N) is 1. The minimum atomic E-state index is -2.49. The van der Waals surface area contributed by atoms with Gasteiger partial charge in [-0.2, -0.15) is 0 Å². The van der Waals surface area contributed by atoms with Crippen molar-refractivity contribution in [3.63, 3.8) is 0 Å². The van der Waals surface area contributed by atoms with E-state index in [1.165, 1.54) is 18.4 Å². The van der Waals surface area contributed by atoms with Crippen molar-refractivity contribution in [1.29, 1.82) is 0 Å². The van der Waals surface area contributed by atoms with Crippen molar-refractivity contribution in [2.75, 3.05) is 25.3 Å². The van der Waals surface area contributed by atoms with E-state index in [1.807, 2.05) is 30.9 Å². The average Bonchev–Trinajstić information content (AvgIpc) is 3.51. The molecule has 3 heterocycles. The first kappa shape index (κ1) is 21.0. The molecule has 1 aliphatic carbocycles. The zero-order chi connectivity index (χ0) is 21.8. The molecule has 5 rings (SSSR count). The Hall–Kier alpha value is -1.88. The van der Waals surface area contributed by atoms with Gasteiger partial charge < -0.3 is 14.6 Å². The van der Waals surface area contributed by atoms with E-state index in [-0.39, 0.29) is 6.23 Å². The quantitative estimate of drug-likeness (QED) is 0.377. The lowest BCUT2D eigenvalue weighted by atomic mass is 10.1. The van der Waals surface area contributed by atoms with Gasteiger partial charge in [0.2, 0.25) is 0 Å². The summed E-state index contributed by atoms with van der Waals surface area (Å²) in [5.41, 5.74) is 4.34. The molecule has 1 saturated heterocycles. The first-order chi connectivity index (χ1) is 14.8. The van der Waals surface area contributed by atoms with E-state index in [9.17, 15) is 4.57 Å². The fraction of sp³-hybridized carbons (Fsp3) is 0.478. The summed E-state index contributed by atoms with van der Waals surface area (Å²) in [5, 5.41) is 4.73. The van der Waals surface area contributed by atoms with E-state index < -0.39 is 7.14 Å². The minimum absolute atomic E-state index is 0.0718. The maximum atomic E-state index is 13.1. The van der Waals surface area contributed by atoms with Gasteiger partial charge in [-0.1, -0.05) is 17.7 Å². The highest BCUT2D eigenvalue weighted by atomic mass is 35.5. The number of aromatic nitrogens is 3. The zero-order valence-electron chi connectivity index (χ0n) is 18.2. The Bertz CT molecular complexity index is 1190. The number of pyridine rings is 1. The van der Waals surface area contributed by atoms with Crippen LogP contribution in [0.5, 0.6) is 0 Å². The number of aryl methyl sites for hydroxylation is 1. The van der Waals surface area contributed by atoms with Crippen LogP contribution in [0.15, 0.2) is 24.3 Å². The van der Waals surface area contributed by atoms with Gasteiger partial charge in [0.15, 0.2) is 5.65 Å². The molecule has 2 fully saturated rings. The molecule has 8 heteroatoms. The fourth-order valence-corrected chi connectivity index (χ4v) is 5.78. The van der Waals surface area contributed by atoms with Crippen LogP contribution >= 0.6 is 18.7 Å². The van der Waals surface area contributed by atoms with E-state index in [0.29, 0.717) is 16.7 Å². The van der Waals surface area contributed by atoms with Crippen LogP contribution in [0.25, 0.3) is 11.2 Å². The summed E-state index contributed by atoms with van der Waals surface area (Å²) >= 11 is 6.43. The second-order valence-corrected chi connectivity index (χ2v) is 12.6. The number of hydrogen-bond donors (Lipinski definition) is 1. The molecule has 164 valence electrons. The molecule has 0 bridgehead atoms. The predicted octanol–water partition coefficient (Wildman–Crippen LogP) is 5.96. The Kier molecular flexibility index (Phi) is 5.36. The second-order valence-electron chi connectivity index (χ2n) is 9.04. The van der Waals surface area contributed by atoms with Gasteiger partial charge in [0.1, 0.15) is 29.9 Å². The van der Waals surface area contributed by atoms with Gasteiger partial charge in [0.25, 0.3) is 0 Å². The molecular weight excluding hydrogens is 431 g/mol. The zero-order valence-corrected chi connectivity index (χ0v) is 19.8. The van der Waals surface area contributed by atoms with Crippen molar-refractivity contribution in [3.8, 4) is 0 Å². The number of hydrogen-bond acceptors (Lipinski definition) is 5. The molecule has 1 saturated carbocycles. The summed E-state index contributed by atoms with van der Waals surface area (Å²) < 4.78 is 21.1. The Morgan fingerprint density at radius 2 is 1.94 bits per heavy atom. The van der Waals surface area contributed by atoms with Gasteiger partial charge in [-0.25, -0.2) is 9.97 Å². The largest absolute Gasteiger partial charge is 0.358 e. The number of fused-ring (bicyclic) bond motifs is 1. The van der Waals surface area contributed by atoms with Crippen LogP contribution in [-0.2, 0) is 9.30 Å². The third kappa shape index (κ3) is 4.13. The molecule has 1 aromatic carbocycles. The number of anilines is 2. The Labute approximate surface area is 187 Å². The molecule has 31 heavy (non-hydrogen) atoms. The van der Waals surface area contributed by atoms with Crippen LogP contribution in [0.1, 0.15) is 55.6 Å². The molecule has 6 nitrogen and oxygen atoms in total. The number of benzene rings is 1. The molecule has 1 atom stereocenters. The summed E-state index contributed by atoms with van der Waals surface area (Å²) in [6, 6.07) is 8.08. The monoisotopic (exact) mass is 458 g/mol. The molecule has 0 spiro atoms. The molecule has 1 unspecified atom stereocenters. The number of nitrogens with zero attached hydrogens (tertiary/aromatic N) is 3. The van der Waals surface area contributed by atoms with E-state index >= 15 is 0 Å². The fourth-order valence-electron chi connectivity index (χ4n) is 4.42. The highest BCUT2D eigenvalue weighted by Gasteiger charge is 2.27. The lowest BCUT2D eigenvalue weighted by molar-refractivity contribution is -0.0309. The van der Waals surface area contributed by atoms with Crippen LogP contribution in [0.3, 0.4) is 0 Å². The summed E-state index contributed by atoms with van der Waals surface area (Å²) in [7, 11) is -2.49. The van der Waals surface area contributed by atoms with Gasteiger partial charge in [0.05, 0.1) is 5.69 Å². The number of imidazole rings is 1. The average molecular weight is 459 g/mol. The number of halogens is 1. The van der Waals surface area contributed by atoms with E-state index in [2.05, 4.69) is 22.4 Å². The maximum Gasteiger partial charge on any atom is 0.166 e. The lowest BCUT2D eigenvalue weighted by Crippen LogP contribution is -2.19. The van der Waals surface area contributed by atoms with Crippen molar-refractivity contribution in [1.82, 2.24) is 14.5 Å². The summed E-state index contributed by atoms with van der Waals surface area (Å²) in [5.74, 6) is 1.45. The van der Waals surface area contributed by atoms with Crippen LogP contribution in [0.4, 0.5) is 11.4 Å². The number of ether oxygens (including phenoxy) is 1. The molecule has 0 amide bonds. The van der Waals surface area contributed by atoms with Crippen LogP contribution < -0.4 is 10.6 Å². The molecular formula is C23H28ClN4O2P. The highest BCUT2D eigenvalue weighted by molar-refractivity contribution is 7.70. The van der Waals surface area contributed by atoms with Gasteiger partial charge in [-0.3, -0.25) is 4.57 Å². The van der Waals surface area contributed by atoms with Crippen LogP contribution in [0.2, 0.25) is 5.15 Å². The molecule has 2 aliphatic rings. The summed E-state index contributed by atoms with van der Waals surface area (Å²) in [4.78, 5) is 9.39. The SMILES string of the molecule is Cc1nc2c(Nc3ccc(C4CC4)cc3P(C)(C)=O)cc(Cl)nc2n1C1CCCCO1. The van der Waals surface area contributed by atoms with Crippen molar-refractivity contribution in [2.45, 2.75) is 51.2 Å². The van der Waals surface area contributed by atoms with Crippen molar-refractivity contribution in [3.05, 3.63) is 40.8 Å². The molecule has 2 aromatic heterocycles. The van der Waals surface area contributed by atoms with Crippen LogP contribution in [-0.4, -0.2) is 34.5 Å². The van der Waals surface area contributed by atoms with Gasteiger partial charge in [0, 0.05) is 23.7 Å². The maximum absolute atomic E-state index is 13.1. The topological polar surface area (TPSA) is 69.0 Å². The standard InChI is InChI=1S/C23H28ClN4O2P/c1-14-25-22-18(13-20(24)27-23(22)28(14)21-6-4-5-11-30-21)26-17-10-9-16(15-7-8-15)12-19(17)31(2,3)29/h9-10,12-13,15,21H,4-8,11H2,1-3H3,(H,26,27). The summed E-state index contributed by atoms with van der Waals surface area (Å²) in [6.45, 7) is 6.35. The molecule has 1 N–H and O–H groups in total. The van der Waals surface area contributed by atoms with Gasteiger partial charge in [-0.15, -0.1) is 0 Å². The predicted molar refractivity (Wildman–Crippen MR) is 127 cm³/mol. The third-order valence-electron chi connectivity index (χ3n) is 6.16. The highest BCUT2D eigenvalue weighted by Crippen LogP contribution is 2.44. The van der Waals surface area contributed by atoms with E-state index in [1.54, 1.807) is 6.07 Å². The van der Waals surface area contributed by atoms with E-state index in [0.717, 1.165) is 53.9 Å². The Balaban J connectivity index is 1.59. The molecule has 3 aromatic rings. The minimum Gasteiger partial charge on any atom is -0.358 e. The van der Waals surface area contributed by atoms with E-state index in [4.69, 9.17) is 21.3 Å². The van der Waals surface area contributed by atoms with Crippen molar-refractivity contribution < 1.29 is 9.30 Å². The summed E-state index contributed by atoms with van der Waals surface area (Å²) in [6.07, 6.45) is 5.49. The molecule has 1 aliphatic heterocycles. The first-order valence-electron chi connectivity index (χ1n) is 10.9. The van der Waals surface area contributed by atoms with Gasteiger partial charge in [-0.05, 0) is 76.0 Å².